The van der Waals surface area contributed by atoms with Crippen LogP contribution in [0.3, 0.4) is 0 Å². The van der Waals surface area contributed by atoms with E-state index in [1.807, 2.05) is 48.1 Å². The normalized spacial score (nSPS) is 10.5. The average Bonchev–Trinajstić information content (AvgIpc) is 3.00. The molecule has 7 heteroatoms. The number of primary amides is 1. The van der Waals surface area contributed by atoms with Gasteiger partial charge in [0.1, 0.15) is 11.5 Å². The van der Waals surface area contributed by atoms with E-state index >= 15 is 0 Å². The molecule has 1 amide bonds. The first-order valence-electron chi connectivity index (χ1n) is 7.10. The number of para-hydroxylation sites is 1. The molecule has 7 nitrogen and oxygen atoms in total. The minimum absolute atomic E-state index is 0.131. The number of rotatable bonds is 5. The number of nitrogens with zero attached hydrogens (tertiary/aromatic N) is 4. The second-order valence-electron chi connectivity index (χ2n) is 5.04. The quantitative estimate of drug-likeness (QED) is 0.747. The summed E-state index contributed by atoms with van der Waals surface area (Å²) >= 11 is 0. The van der Waals surface area contributed by atoms with Crippen molar-refractivity contribution in [2.75, 3.05) is 5.32 Å². The number of anilines is 1. The van der Waals surface area contributed by atoms with Gasteiger partial charge in [-0.3, -0.25) is 9.78 Å². The molecule has 0 radical (unpaired) electrons. The maximum absolute atomic E-state index is 11.1. The maximum Gasteiger partial charge on any atom is 0.268 e. The number of hydrogen-bond donors (Lipinski definition) is 2. The number of carbonyl (C=O) groups excluding carboxylic acids is 1. The van der Waals surface area contributed by atoms with Crippen molar-refractivity contribution in [2.45, 2.75) is 13.5 Å². The van der Waals surface area contributed by atoms with Gasteiger partial charge in [0.25, 0.3) is 5.91 Å². The Labute approximate surface area is 133 Å². The van der Waals surface area contributed by atoms with Crippen LogP contribution in [-0.4, -0.2) is 25.7 Å². The highest BCUT2D eigenvalue weighted by Gasteiger charge is 2.07. The predicted molar refractivity (Wildman–Crippen MR) is 86.2 cm³/mol. The zero-order valence-electron chi connectivity index (χ0n) is 12.6. The highest BCUT2D eigenvalue weighted by molar-refractivity contribution is 5.90. The van der Waals surface area contributed by atoms with Crippen molar-refractivity contribution in [2.24, 2.45) is 5.73 Å². The zero-order valence-corrected chi connectivity index (χ0v) is 12.6. The molecule has 3 aromatic rings. The molecule has 0 aliphatic heterocycles. The number of carbonyl (C=O) groups is 1. The van der Waals surface area contributed by atoms with E-state index < -0.39 is 5.91 Å². The van der Waals surface area contributed by atoms with Gasteiger partial charge >= 0.3 is 0 Å². The average molecular weight is 308 g/mol. The van der Waals surface area contributed by atoms with Gasteiger partial charge < -0.3 is 11.1 Å². The van der Waals surface area contributed by atoms with Crippen LogP contribution < -0.4 is 11.1 Å². The van der Waals surface area contributed by atoms with Crippen LogP contribution in [0.25, 0.3) is 5.69 Å². The summed E-state index contributed by atoms with van der Waals surface area (Å²) in [5, 5.41) is 7.58. The molecule has 0 saturated carbocycles. The summed E-state index contributed by atoms with van der Waals surface area (Å²) in [5.41, 5.74) is 8.32. The lowest BCUT2D eigenvalue weighted by Gasteiger charge is -2.11. The van der Waals surface area contributed by atoms with E-state index in [9.17, 15) is 4.79 Å². The molecule has 0 fully saturated rings. The minimum atomic E-state index is -0.603. The van der Waals surface area contributed by atoms with Gasteiger partial charge in [-0.2, -0.15) is 5.10 Å². The van der Waals surface area contributed by atoms with Crippen LogP contribution in [0.4, 0.5) is 5.82 Å². The van der Waals surface area contributed by atoms with Crippen LogP contribution >= 0.6 is 0 Å². The van der Waals surface area contributed by atoms with Crippen molar-refractivity contribution in [1.82, 2.24) is 19.7 Å². The number of hydrogen-bond acceptors (Lipinski definition) is 5. The first kappa shape index (κ1) is 14.7. The number of nitrogens with two attached hydrogens (primary N) is 1. The molecule has 0 bridgehead atoms. The monoisotopic (exact) mass is 308 g/mol. The lowest BCUT2D eigenvalue weighted by atomic mass is 10.2. The first-order chi connectivity index (χ1) is 11.1. The maximum atomic E-state index is 11.1. The lowest BCUT2D eigenvalue weighted by Crippen LogP contribution is -2.15. The fourth-order valence-corrected chi connectivity index (χ4v) is 2.19. The first-order valence-corrected chi connectivity index (χ1v) is 7.10. The molecule has 0 aliphatic carbocycles. The topological polar surface area (TPSA) is 98.7 Å². The van der Waals surface area contributed by atoms with Crippen LogP contribution in [-0.2, 0) is 6.54 Å². The van der Waals surface area contributed by atoms with E-state index in [2.05, 4.69) is 20.4 Å². The van der Waals surface area contributed by atoms with Crippen molar-refractivity contribution in [3.63, 3.8) is 0 Å². The van der Waals surface area contributed by atoms with Crippen LogP contribution in [0, 0.1) is 6.92 Å². The fraction of sp³-hybridized carbons (Fsp3) is 0.125. The minimum Gasteiger partial charge on any atom is -0.365 e. The number of aromatic nitrogens is 4. The molecule has 2 aromatic heterocycles. The third kappa shape index (κ3) is 3.34. The van der Waals surface area contributed by atoms with Gasteiger partial charge in [-0.25, -0.2) is 9.67 Å². The Hall–Kier alpha value is -3.22. The molecular weight excluding hydrogens is 292 g/mol. The third-order valence-corrected chi connectivity index (χ3v) is 3.31. The molecule has 0 aliphatic rings. The Bertz CT molecular complexity index is 842. The molecule has 3 rings (SSSR count). The molecule has 0 atom stereocenters. The highest BCUT2D eigenvalue weighted by atomic mass is 16.1. The number of benzene rings is 1. The Morgan fingerprint density at radius 2 is 2.09 bits per heavy atom. The van der Waals surface area contributed by atoms with E-state index in [-0.39, 0.29) is 5.69 Å². The Kier molecular flexibility index (Phi) is 4.01. The highest BCUT2D eigenvalue weighted by Crippen LogP contribution is 2.15. The zero-order chi connectivity index (χ0) is 16.2. The van der Waals surface area contributed by atoms with Crippen molar-refractivity contribution >= 4 is 11.7 Å². The summed E-state index contributed by atoms with van der Waals surface area (Å²) in [5.74, 6) is -0.110. The van der Waals surface area contributed by atoms with Gasteiger partial charge in [-0.05, 0) is 24.6 Å². The number of nitrogens with one attached hydrogen (secondary N) is 1. The van der Waals surface area contributed by atoms with Crippen LogP contribution in [0.2, 0.25) is 0 Å². The van der Waals surface area contributed by atoms with Crippen molar-refractivity contribution in [1.29, 1.82) is 0 Å². The molecule has 3 N–H and O–H groups in total. The van der Waals surface area contributed by atoms with Crippen LogP contribution in [0.5, 0.6) is 0 Å². The Balaban J connectivity index is 1.81. The molecule has 0 saturated heterocycles. The van der Waals surface area contributed by atoms with Crippen molar-refractivity contribution < 1.29 is 4.79 Å². The van der Waals surface area contributed by atoms with Gasteiger partial charge in [0.05, 0.1) is 23.8 Å². The van der Waals surface area contributed by atoms with Crippen molar-refractivity contribution in [3.8, 4) is 5.69 Å². The molecule has 1 aromatic carbocycles. The van der Waals surface area contributed by atoms with Gasteiger partial charge in [-0.1, -0.05) is 18.2 Å². The summed E-state index contributed by atoms with van der Waals surface area (Å²) < 4.78 is 1.83. The summed E-state index contributed by atoms with van der Waals surface area (Å²) in [6.07, 6.45) is 4.81. The second kappa shape index (κ2) is 6.27. The molecule has 0 spiro atoms. The van der Waals surface area contributed by atoms with Gasteiger partial charge in [-0.15, -0.1) is 0 Å². The SMILES string of the molecule is Cc1ccn(-c2ccccc2CNc2cncc(C(N)=O)n2)n1. The largest absolute Gasteiger partial charge is 0.365 e. The molecular formula is C16H16N6O. The van der Waals surface area contributed by atoms with Crippen molar-refractivity contribution in [3.05, 3.63) is 65.9 Å². The van der Waals surface area contributed by atoms with E-state index in [4.69, 9.17) is 5.73 Å². The number of aryl methyl sites for hydroxylation is 1. The summed E-state index contributed by atoms with van der Waals surface area (Å²) in [4.78, 5) is 19.2. The molecule has 0 unspecified atom stereocenters. The summed E-state index contributed by atoms with van der Waals surface area (Å²) in [7, 11) is 0. The summed E-state index contributed by atoms with van der Waals surface area (Å²) in [6.45, 7) is 2.47. The Morgan fingerprint density at radius 1 is 1.26 bits per heavy atom. The molecule has 2 heterocycles. The molecule has 116 valence electrons. The lowest BCUT2D eigenvalue weighted by molar-refractivity contribution is 0.0995. The van der Waals surface area contributed by atoms with E-state index in [0.717, 1.165) is 16.9 Å². The third-order valence-electron chi connectivity index (χ3n) is 3.31. The van der Waals surface area contributed by atoms with Gasteiger partial charge in [0.2, 0.25) is 0 Å². The van der Waals surface area contributed by atoms with Gasteiger partial charge in [0, 0.05) is 12.7 Å². The van der Waals surface area contributed by atoms with E-state index in [1.165, 1.54) is 6.20 Å². The van der Waals surface area contributed by atoms with Crippen LogP contribution in [0.1, 0.15) is 21.7 Å². The van der Waals surface area contributed by atoms with Crippen LogP contribution in [0.15, 0.2) is 48.9 Å². The molecule has 23 heavy (non-hydrogen) atoms. The smallest absolute Gasteiger partial charge is 0.268 e. The van der Waals surface area contributed by atoms with E-state index in [0.29, 0.717) is 12.4 Å². The standard InChI is InChI=1S/C16H16N6O/c1-11-6-7-22(21-11)14-5-3-2-4-12(14)8-19-15-10-18-9-13(20-15)16(17)23/h2-7,9-10H,8H2,1H3,(H2,17,23)(H,19,20). The fourth-order valence-electron chi connectivity index (χ4n) is 2.19. The number of amides is 1. The predicted octanol–water partition coefficient (Wildman–Crippen LogP) is 1.68. The second-order valence-corrected chi connectivity index (χ2v) is 5.04. The van der Waals surface area contributed by atoms with Gasteiger partial charge in [0.15, 0.2) is 0 Å². The summed E-state index contributed by atoms with van der Waals surface area (Å²) in [6, 6.07) is 9.87. The van der Waals surface area contributed by atoms with E-state index in [1.54, 1.807) is 6.20 Å². The Morgan fingerprint density at radius 3 is 2.83 bits per heavy atom.